The van der Waals surface area contributed by atoms with E-state index in [1.807, 2.05) is 0 Å². The van der Waals surface area contributed by atoms with Crippen molar-refractivity contribution in [3.05, 3.63) is 0 Å². The molecule has 3 fully saturated rings. The minimum atomic E-state index is -4.83. The number of rotatable bonds is 6. The molecular formula is C12H19N5O8S. The lowest BCUT2D eigenvalue weighted by Crippen LogP contribution is -2.50. The molecule has 3 atom stereocenters. The molecule has 0 aromatic heterocycles. The van der Waals surface area contributed by atoms with Crippen LogP contribution in [0, 0.1) is 0 Å². The number of amides is 3. The van der Waals surface area contributed by atoms with Gasteiger partial charge >= 0.3 is 16.4 Å². The van der Waals surface area contributed by atoms with Gasteiger partial charge in [-0.2, -0.15) is 13.5 Å². The Morgan fingerprint density at radius 3 is 2.88 bits per heavy atom. The lowest BCUT2D eigenvalue weighted by Gasteiger charge is -2.29. The molecule has 3 amide bonds. The highest BCUT2D eigenvalue weighted by Gasteiger charge is 2.49. The van der Waals surface area contributed by atoms with Crippen molar-refractivity contribution in [3.63, 3.8) is 0 Å². The molecule has 13 nitrogen and oxygen atoms in total. The van der Waals surface area contributed by atoms with Gasteiger partial charge in [0.2, 0.25) is 0 Å². The van der Waals surface area contributed by atoms with Crippen molar-refractivity contribution in [3.8, 4) is 0 Å². The quantitative estimate of drug-likeness (QED) is 0.343. The number of nitrogens with zero attached hydrogens (tertiary/aromatic N) is 3. The molecule has 0 aromatic carbocycles. The zero-order valence-electron chi connectivity index (χ0n) is 13.8. The topological polar surface area (TPSA) is 159 Å². The summed E-state index contributed by atoms with van der Waals surface area (Å²) in [6.45, 7) is 1.01. The van der Waals surface area contributed by atoms with E-state index in [1.165, 1.54) is 12.0 Å². The second-order valence-corrected chi connectivity index (χ2v) is 6.98. The lowest BCUT2D eigenvalue weighted by atomic mass is 10.0. The molecule has 0 saturated carbocycles. The number of nitrogens with one attached hydrogen (secondary N) is 2. The first-order chi connectivity index (χ1) is 12.3. The molecule has 0 spiro atoms. The summed E-state index contributed by atoms with van der Waals surface area (Å²) in [5.41, 5.74) is 2.90. The number of hydrogen-bond donors (Lipinski definition) is 3. The zero-order valence-corrected chi connectivity index (χ0v) is 14.6. The standard InChI is InChI=1S/C12H19N5O8S/c1-23-14-8-4-13-5-10(8)24-15-11(18)9-3-2-7-6-16(9)12(19)17(7)25-26(20,21)22/h7,9-10,13H,2-6H2,1H3,(H,15,18)(H,20,21,22)/t7-,9+,10?/m1/s1. The molecule has 146 valence electrons. The summed E-state index contributed by atoms with van der Waals surface area (Å²) in [6, 6.07) is -2.21. The maximum atomic E-state index is 12.4. The number of urea groups is 1. The molecular weight excluding hydrogens is 374 g/mol. The maximum absolute atomic E-state index is 12.4. The number of piperidine rings is 1. The van der Waals surface area contributed by atoms with Gasteiger partial charge in [0.15, 0.2) is 0 Å². The van der Waals surface area contributed by atoms with Crippen LogP contribution in [0.25, 0.3) is 0 Å². The predicted octanol–water partition coefficient (Wildman–Crippen LogP) is -1.99. The first-order valence-corrected chi connectivity index (χ1v) is 9.19. The van der Waals surface area contributed by atoms with E-state index in [0.717, 1.165) is 0 Å². The predicted molar refractivity (Wildman–Crippen MR) is 83.7 cm³/mol. The number of hydroxylamine groups is 3. The monoisotopic (exact) mass is 393 g/mol. The summed E-state index contributed by atoms with van der Waals surface area (Å²) in [6.07, 6.45) is 0.125. The van der Waals surface area contributed by atoms with Crippen LogP contribution in [0.5, 0.6) is 0 Å². The molecule has 26 heavy (non-hydrogen) atoms. The van der Waals surface area contributed by atoms with Crippen LogP contribution in [0.1, 0.15) is 12.8 Å². The average Bonchev–Trinajstić information content (AvgIpc) is 3.11. The van der Waals surface area contributed by atoms with Crippen LogP contribution >= 0.6 is 0 Å². The summed E-state index contributed by atoms with van der Waals surface area (Å²) in [4.78, 5) is 35.9. The largest absolute Gasteiger partial charge is 0.418 e. The van der Waals surface area contributed by atoms with Gasteiger partial charge in [0, 0.05) is 19.6 Å². The van der Waals surface area contributed by atoms with Crippen molar-refractivity contribution in [2.75, 3.05) is 26.7 Å². The van der Waals surface area contributed by atoms with Gasteiger partial charge < -0.3 is 15.1 Å². The van der Waals surface area contributed by atoms with Gasteiger partial charge in [-0.25, -0.2) is 10.3 Å². The molecule has 1 unspecified atom stereocenters. The molecule has 2 bridgehead atoms. The van der Waals surface area contributed by atoms with E-state index in [-0.39, 0.29) is 6.54 Å². The van der Waals surface area contributed by atoms with Gasteiger partial charge in [-0.1, -0.05) is 5.16 Å². The normalized spacial score (nSPS) is 30.2. The molecule has 0 aliphatic carbocycles. The Kier molecular flexibility index (Phi) is 5.29. The van der Waals surface area contributed by atoms with E-state index >= 15 is 0 Å². The van der Waals surface area contributed by atoms with Gasteiger partial charge in [0.1, 0.15) is 25.0 Å². The molecule has 3 rings (SSSR count). The highest BCUT2D eigenvalue weighted by Crippen LogP contribution is 2.30. The molecule has 0 radical (unpaired) electrons. The highest BCUT2D eigenvalue weighted by molar-refractivity contribution is 7.80. The van der Waals surface area contributed by atoms with Gasteiger partial charge in [-0.05, 0) is 12.8 Å². The van der Waals surface area contributed by atoms with Crippen molar-refractivity contribution < 1.29 is 36.5 Å². The number of hydrogen-bond acceptors (Lipinski definition) is 9. The molecule has 3 saturated heterocycles. The third kappa shape index (κ3) is 3.88. The minimum absolute atomic E-state index is 0.105. The van der Waals surface area contributed by atoms with E-state index in [4.69, 9.17) is 14.2 Å². The van der Waals surface area contributed by atoms with E-state index in [0.29, 0.717) is 36.7 Å². The van der Waals surface area contributed by atoms with E-state index in [9.17, 15) is 18.0 Å². The fourth-order valence-electron chi connectivity index (χ4n) is 3.18. The first-order valence-electron chi connectivity index (χ1n) is 7.83. The molecule has 3 heterocycles. The second-order valence-electron chi connectivity index (χ2n) is 5.98. The summed E-state index contributed by atoms with van der Waals surface area (Å²) in [5.74, 6) is -0.547. The van der Waals surface area contributed by atoms with Gasteiger partial charge in [-0.15, -0.1) is 4.28 Å². The summed E-state index contributed by atoms with van der Waals surface area (Å²) in [5, 5.41) is 7.39. The van der Waals surface area contributed by atoms with E-state index < -0.39 is 40.5 Å². The Labute approximate surface area is 149 Å². The molecule has 3 aliphatic heterocycles. The van der Waals surface area contributed by atoms with E-state index in [1.54, 1.807) is 0 Å². The SMILES string of the molecule is CON=C1CNCC1ONC(=O)[C@@H]1CC[C@@H]2CN1C(=O)N2OS(=O)(=O)O. The Hall–Kier alpha value is -2.00. The third-order valence-corrected chi connectivity index (χ3v) is 4.67. The fourth-order valence-corrected chi connectivity index (χ4v) is 3.57. The van der Waals surface area contributed by atoms with Gasteiger partial charge in [0.25, 0.3) is 5.91 Å². The Bertz CT molecular complexity index is 712. The van der Waals surface area contributed by atoms with E-state index in [2.05, 4.69) is 20.2 Å². The minimum Gasteiger partial charge on any atom is -0.399 e. The fraction of sp³-hybridized carbons (Fsp3) is 0.750. The number of carbonyl (C=O) groups is 2. The maximum Gasteiger partial charge on any atom is 0.418 e. The summed E-state index contributed by atoms with van der Waals surface area (Å²) >= 11 is 0. The van der Waals surface area contributed by atoms with Crippen LogP contribution in [-0.2, 0) is 29.2 Å². The number of oxime groups is 1. The van der Waals surface area contributed by atoms with Crippen molar-refractivity contribution >= 4 is 28.0 Å². The van der Waals surface area contributed by atoms with Crippen molar-refractivity contribution in [1.82, 2.24) is 20.8 Å². The molecule has 0 aromatic rings. The number of carbonyl (C=O) groups excluding carboxylic acids is 2. The van der Waals surface area contributed by atoms with Crippen LogP contribution in [0.4, 0.5) is 4.79 Å². The van der Waals surface area contributed by atoms with Crippen LogP contribution < -0.4 is 10.8 Å². The first kappa shape index (κ1) is 18.8. The van der Waals surface area contributed by atoms with Crippen LogP contribution in [-0.4, -0.2) is 85.5 Å². The Morgan fingerprint density at radius 1 is 1.42 bits per heavy atom. The van der Waals surface area contributed by atoms with Crippen LogP contribution in [0.15, 0.2) is 5.16 Å². The van der Waals surface area contributed by atoms with Crippen molar-refractivity contribution in [2.24, 2.45) is 5.16 Å². The lowest BCUT2D eigenvalue weighted by molar-refractivity contribution is -0.140. The summed E-state index contributed by atoms with van der Waals surface area (Å²) < 4.78 is 34.8. The van der Waals surface area contributed by atoms with Crippen LogP contribution in [0.3, 0.4) is 0 Å². The second kappa shape index (κ2) is 7.32. The third-order valence-electron chi connectivity index (χ3n) is 4.32. The molecule has 14 heteroatoms. The molecule has 3 aliphatic rings. The number of fused-ring (bicyclic) bond motifs is 2. The average molecular weight is 393 g/mol. The zero-order chi connectivity index (χ0) is 18.9. The highest BCUT2D eigenvalue weighted by atomic mass is 32.3. The Morgan fingerprint density at radius 2 is 2.19 bits per heavy atom. The van der Waals surface area contributed by atoms with Crippen LogP contribution in [0.2, 0.25) is 0 Å². The van der Waals surface area contributed by atoms with Gasteiger partial charge in [0.05, 0.1) is 6.04 Å². The van der Waals surface area contributed by atoms with Gasteiger partial charge in [-0.3, -0.25) is 14.2 Å². The smallest absolute Gasteiger partial charge is 0.399 e. The Balaban J connectivity index is 1.59. The summed E-state index contributed by atoms with van der Waals surface area (Å²) in [7, 11) is -3.43. The van der Waals surface area contributed by atoms with Crippen molar-refractivity contribution in [2.45, 2.75) is 31.0 Å². The van der Waals surface area contributed by atoms with Crippen molar-refractivity contribution in [1.29, 1.82) is 0 Å². The molecule has 3 N–H and O–H groups in total.